The summed E-state index contributed by atoms with van der Waals surface area (Å²) in [5.41, 5.74) is 2.31. The highest BCUT2D eigenvalue weighted by Crippen LogP contribution is 2.31. The highest BCUT2D eigenvalue weighted by Gasteiger charge is 2.29. The number of anilines is 1. The molecule has 0 unspecified atom stereocenters. The lowest BCUT2D eigenvalue weighted by molar-refractivity contribution is -0.384. The van der Waals surface area contributed by atoms with Gasteiger partial charge in [0, 0.05) is 25.7 Å². The second kappa shape index (κ2) is 6.43. The topological polar surface area (TPSA) is 58.4 Å². The van der Waals surface area contributed by atoms with Crippen LogP contribution in [0, 0.1) is 15.5 Å². The van der Waals surface area contributed by atoms with Gasteiger partial charge in [0.05, 0.1) is 4.92 Å². The van der Waals surface area contributed by atoms with E-state index in [0.717, 1.165) is 38.2 Å². The van der Waals surface area contributed by atoms with Crippen LogP contribution in [0.2, 0.25) is 0 Å². The van der Waals surface area contributed by atoms with Gasteiger partial charge in [-0.1, -0.05) is 26.8 Å². The lowest BCUT2D eigenvalue weighted by Gasteiger charge is -2.20. The molecular weight excluding hydrogens is 266 g/mol. The molecule has 1 aliphatic heterocycles. The summed E-state index contributed by atoms with van der Waals surface area (Å²) in [6.07, 6.45) is 2.16. The minimum Gasteiger partial charge on any atom is -0.379 e. The van der Waals surface area contributed by atoms with Gasteiger partial charge in [0.1, 0.15) is 5.69 Å². The second-order valence-corrected chi connectivity index (χ2v) is 6.66. The Balaban J connectivity index is 2.11. The summed E-state index contributed by atoms with van der Waals surface area (Å²) in [6, 6.07) is 5.42. The first-order valence-electron chi connectivity index (χ1n) is 7.65. The van der Waals surface area contributed by atoms with Gasteiger partial charge in [-0.25, -0.2) is 0 Å². The Bertz CT molecular complexity index is 514. The van der Waals surface area contributed by atoms with Crippen LogP contribution in [0.4, 0.5) is 11.4 Å². The molecule has 0 spiro atoms. The number of hydrogen-bond acceptors (Lipinski definition) is 4. The molecule has 1 heterocycles. The highest BCUT2D eigenvalue weighted by molar-refractivity contribution is 5.62. The number of rotatable bonds is 6. The molecule has 0 radical (unpaired) electrons. The molecule has 2 rings (SSSR count). The number of nitrogens with zero attached hydrogens (tertiary/aromatic N) is 2. The van der Waals surface area contributed by atoms with Crippen molar-refractivity contribution in [3.63, 3.8) is 0 Å². The quantitative estimate of drug-likeness (QED) is 0.642. The molecule has 5 nitrogen and oxygen atoms in total. The molecule has 1 aromatic carbocycles. The maximum absolute atomic E-state index is 11.1. The number of benzene rings is 1. The summed E-state index contributed by atoms with van der Waals surface area (Å²) in [6.45, 7) is 10.4. The maximum atomic E-state index is 11.1. The Morgan fingerprint density at radius 1 is 1.43 bits per heavy atom. The van der Waals surface area contributed by atoms with Gasteiger partial charge in [-0.3, -0.25) is 15.0 Å². The molecule has 1 fully saturated rings. The van der Waals surface area contributed by atoms with Gasteiger partial charge in [0.25, 0.3) is 5.69 Å². The van der Waals surface area contributed by atoms with Crippen molar-refractivity contribution in [2.45, 2.75) is 40.2 Å². The molecule has 21 heavy (non-hydrogen) atoms. The Hall–Kier alpha value is -1.62. The number of hydrogen-bond donors (Lipinski definition) is 1. The second-order valence-electron chi connectivity index (χ2n) is 6.66. The van der Waals surface area contributed by atoms with Gasteiger partial charge in [0.15, 0.2) is 0 Å². The van der Waals surface area contributed by atoms with Gasteiger partial charge in [-0.15, -0.1) is 0 Å². The largest absolute Gasteiger partial charge is 0.379 e. The molecule has 1 aromatic rings. The van der Waals surface area contributed by atoms with Gasteiger partial charge < -0.3 is 5.32 Å². The average Bonchev–Trinajstić information content (AvgIpc) is 2.75. The van der Waals surface area contributed by atoms with E-state index < -0.39 is 0 Å². The van der Waals surface area contributed by atoms with E-state index in [4.69, 9.17) is 0 Å². The SMILES string of the molecule is CCCNc1cc(CN2CCC(C)(C)C2)ccc1[N+](=O)[O-]. The van der Waals surface area contributed by atoms with Crippen LogP contribution in [-0.2, 0) is 6.54 Å². The average molecular weight is 291 g/mol. The molecule has 0 aliphatic carbocycles. The first kappa shape index (κ1) is 15.8. The zero-order valence-corrected chi connectivity index (χ0v) is 13.2. The summed E-state index contributed by atoms with van der Waals surface area (Å²) in [5.74, 6) is 0. The summed E-state index contributed by atoms with van der Waals surface area (Å²) >= 11 is 0. The van der Waals surface area contributed by atoms with Crippen LogP contribution in [0.25, 0.3) is 0 Å². The Morgan fingerprint density at radius 3 is 2.76 bits per heavy atom. The fourth-order valence-electron chi connectivity index (χ4n) is 2.86. The van der Waals surface area contributed by atoms with Crippen LogP contribution in [0.15, 0.2) is 18.2 Å². The standard InChI is InChI=1S/C16H25N3O2/c1-4-8-17-14-10-13(5-6-15(14)19(20)21)11-18-9-7-16(2,3)12-18/h5-6,10,17H,4,7-9,11-12H2,1-3H3. The van der Waals surface area contributed by atoms with E-state index in [1.54, 1.807) is 6.07 Å². The van der Waals surface area contributed by atoms with Crippen molar-refractivity contribution >= 4 is 11.4 Å². The zero-order valence-electron chi connectivity index (χ0n) is 13.2. The van der Waals surface area contributed by atoms with Crippen molar-refractivity contribution in [2.24, 2.45) is 5.41 Å². The zero-order chi connectivity index (χ0) is 15.5. The van der Waals surface area contributed by atoms with Crippen LogP contribution >= 0.6 is 0 Å². The third-order valence-electron chi connectivity index (χ3n) is 3.99. The van der Waals surface area contributed by atoms with Gasteiger partial charge in [0.2, 0.25) is 0 Å². The van der Waals surface area contributed by atoms with E-state index >= 15 is 0 Å². The predicted octanol–water partition coefficient (Wildman–Crippen LogP) is 3.65. The summed E-state index contributed by atoms with van der Waals surface area (Å²) < 4.78 is 0. The number of nitro benzene ring substituents is 1. The van der Waals surface area contributed by atoms with Gasteiger partial charge in [-0.2, -0.15) is 0 Å². The van der Waals surface area contributed by atoms with Gasteiger partial charge in [-0.05, 0) is 36.4 Å². The Morgan fingerprint density at radius 2 is 2.19 bits per heavy atom. The molecule has 116 valence electrons. The molecule has 0 saturated carbocycles. The first-order chi connectivity index (χ1) is 9.91. The van der Waals surface area contributed by atoms with Crippen molar-refractivity contribution in [2.75, 3.05) is 25.0 Å². The smallest absolute Gasteiger partial charge is 0.292 e. The molecule has 0 atom stereocenters. The van der Waals surface area contributed by atoms with Crippen LogP contribution < -0.4 is 5.32 Å². The van der Waals surface area contributed by atoms with E-state index in [9.17, 15) is 10.1 Å². The number of likely N-dealkylation sites (tertiary alicyclic amines) is 1. The van der Waals surface area contributed by atoms with Crippen molar-refractivity contribution in [1.29, 1.82) is 0 Å². The number of nitrogens with one attached hydrogen (secondary N) is 1. The van der Waals surface area contributed by atoms with Gasteiger partial charge >= 0.3 is 0 Å². The van der Waals surface area contributed by atoms with Crippen LogP contribution in [0.3, 0.4) is 0 Å². The molecule has 0 amide bonds. The molecule has 0 aromatic heterocycles. The first-order valence-corrected chi connectivity index (χ1v) is 7.65. The van der Waals surface area contributed by atoms with E-state index in [1.807, 2.05) is 12.1 Å². The predicted molar refractivity (Wildman–Crippen MR) is 85.6 cm³/mol. The van der Waals surface area contributed by atoms with Crippen LogP contribution in [0.5, 0.6) is 0 Å². The van der Waals surface area contributed by atoms with E-state index in [1.165, 1.54) is 6.42 Å². The summed E-state index contributed by atoms with van der Waals surface area (Å²) in [5, 5.41) is 14.2. The lowest BCUT2D eigenvalue weighted by atomic mass is 9.93. The molecule has 0 bridgehead atoms. The van der Waals surface area contributed by atoms with E-state index in [0.29, 0.717) is 11.1 Å². The van der Waals surface area contributed by atoms with Crippen LogP contribution in [-0.4, -0.2) is 29.5 Å². The summed E-state index contributed by atoms with van der Waals surface area (Å²) in [7, 11) is 0. The van der Waals surface area contributed by atoms with Crippen LogP contribution in [0.1, 0.15) is 39.2 Å². The van der Waals surface area contributed by atoms with E-state index in [2.05, 4.69) is 31.0 Å². The fraction of sp³-hybridized carbons (Fsp3) is 0.625. The third-order valence-corrected chi connectivity index (χ3v) is 3.99. The Labute approximate surface area is 126 Å². The third kappa shape index (κ3) is 4.17. The molecule has 5 heteroatoms. The Kier molecular flexibility index (Phi) is 4.83. The van der Waals surface area contributed by atoms with Crippen molar-refractivity contribution in [3.05, 3.63) is 33.9 Å². The summed E-state index contributed by atoms with van der Waals surface area (Å²) in [4.78, 5) is 13.2. The minimum absolute atomic E-state index is 0.161. The highest BCUT2D eigenvalue weighted by atomic mass is 16.6. The minimum atomic E-state index is -0.319. The van der Waals surface area contributed by atoms with Crippen molar-refractivity contribution < 1.29 is 4.92 Å². The molecule has 1 saturated heterocycles. The fourth-order valence-corrected chi connectivity index (χ4v) is 2.86. The van der Waals surface area contributed by atoms with E-state index in [-0.39, 0.29) is 10.6 Å². The maximum Gasteiger partial charge on any atom is 0.292 e. The normalized spacial score (nSPS) is 17.9. The molecule has 1 N–H and O–H groups in total. The monoisotopic (exact) mass is 291 g/mol. The molecule has 1 aliphatic rings. The van der Waals surface area contributed by atoms with Crippen molar-refractivity contribution in [1.82, 2.24) is 4.90 Å². The van der Waals surface area contributed by atoms with Crippen molar-refractivity contribution in [3.8, 4) is 0 Å². The lowest BCUT2D eigenvalue weighted by Crippen LogP contribution is -2.22. The number of nitro groups is 1. The molecular formula is C16H25N3O2.